The normalized spacial score (nSPS) is 30.6. The Morgan fingerprint density at radius 1 is 1.25 bits per heavy atom. The third kappa shape index (κ3) is 2.80. The second kappa shape index (κ2) is 5.76. The van der Waals surface area contributed by atoms with Gasteiger partial charge in [0.1, 0.15) is 5.01 Å². The van der Waals surface area contributed by atoms with Gasteiger partial charge >= 0.3 is 0 Å². The van der Waals surface area contributed by atoms with E-state index in [4.69, 9.17) is 4.98 Å². The summed E-state index contributed by atoms with van der Waals surface area (Å²) >= 11 is 1.93. The highest BCUT2D eigenvalue weighted by Gasteiger charge is 2.44. The number of rotatable bonds is 5. The SMILES string of the molecule is CCCNC1(c2nc(C)c(C)s2)CCCC(C2CC2)C1. The molecule has 2 unspecified atom stereocenters. The summed E-state index contributed by atoms with van der Waals surface area (Å²) in [5.41, 5.74) is 1.42. The van der Waals surface area contributed by atoms with E-state index < -0.39 is 0 Å². The molecule has 2 fully saturated rings. The second-order valence-corrected chi connectivity index (χ2v) is 8.07. The fourth-order valence-corrected chi connectivity index (χ4v) is 4.88. The molecule has 1 aromatic rings. The van der Waals surface area contributed by atoms with Gasteiger partial charge in [-0.05, 0) is 64.3 Å². The third-order valence-corrected chi connectivity index (χ3v) is 6.51. The van der Waals surface area contributed by atoms with Crippen LogP contribution in [-0.4, -0.2) is 11.5 Å². The predicted molar refractivity (Wildman–Crippen MR) is 86.2 cm³/mol. The van der Waals surface area contributed by atoms with Crippen LogP contribution in [0, 0.1) is 25.7 Å². The van der Waals surface area contributed by atoms with Crippen molar-refractivity contribution in [3.05, 3.63) is 15.6 Å². The van der Waals surface area contributed by atoms with Gasteiger partial charge in [0.25, 0.3) is 0 Å². The lowest BCUT2D eigenvalue weighted by Crippen LogP contribution is -2.46. The summed E-state index contributed by atoms with van der Waals surface area (Å²) in [6, 6.07) is 0. The average Bonchev–Trinajstić information content (AvgIpc) is 3.24. The molecule has 112 valence electrons. The molecule has 1 N–H and O–H groups in total. The standard InChI is InChI=1S/C17H28N2S/c1-4-10-18-17(16-19-12(2)13(3)20-16)9-5-6-15(11-17)14-7-8-14/h14-15,18H,4-11H2,1-3H3. The van der Waals surface area contributed by atoms with Crippen LogP contribution in [0.4, 0.5) is 0 Å². The Morgan fingerprint density at radius 3 is 2.65 bits per heavy atom. The quantitative estimate of drug-likeness (QED) is 0.861. The highest BCUT2D eigenvalue weighted by atomic mass is 32.1. The number of aromatic nitrogens is 1. The van der Waals surface area contributed by atoms with Gasteiger partial charge in [-0.25, -0.2) is 4.98 Å². The van der Waals surface area contributed by atoms with Crippen molar-refractivity contribution < 1.29 is 0 Å². The number of thiazole rings is 1. The van der Waals surface area contributed by atoms with Crippen LogP contribution in [0.2, 0.25) is 0 Å². The van der Waals surface area contributed by atoms with E-state index in [-0.39, 0.29) is 5.54 Å². The maximum absolute atomic E-state index is 4.93. The Morgan fingerprint density at radius 2 is 2.05 bits per heavy atom. The third-order valence-electron chi connectivity index (χ3n) is 5.23. The van der Waals surface area contributed by atoms with Crippen LogP contribution in [0.1, 0.15) is 67.4 Å². The Bertz CT molecular complexity index is 444. The van der Waals surface area contributed by atoms with E-state index in [1.807, 2.05) is 11.3 Å². The van der Waals surface area contributed by atoms with Crippen LogP contribution in [0.25, 0.3) is 0 Å². The van der Waals surface area contributed by atoms with Gasteiger partial charge in [0.15, 0.2) is 0 Å². The van der Waals surface area contributed by atoms with Crippen LogP contribution < -0.4 is 5.32 Å². The van der Waals surface area contributed by atoms with Crippen molar-refractivity contribution in [2.45, 2.75) is 71.3 Å². The minimum atomic E-state index is 0.186. The summed E-state index contributed by atoms with van der Waals surface area (Å²) in [6.07, 6.45) is 9.58. The molecule has 2 saturated carbocycles. The molecule has 0 aliphatic heterocycles. The topological polar surface area (TPSA) is 24.9 Å². The van der Waals surface area contributed by atoms with Gasteiger partial charge in [-0.1, -0.05) is 19.8 Å². The molecule has 1 heterocycles. The number of hydrogen-bond donors (Lipinski definition) is 1. The molecule has 0 aromatic carbocycles. The Hall–Kier alpha value is -0.410. The van der Waals surface area contributed by atoms with E-state index in [1.54, 1.807) is 0 Å². The first kappa shape index (κ1) is 14.5. The van der Waals surface area contributed by atoms with Gasteiger partial charge in [0.2, 0.25) is 0 Å². The van der Waals surface area contributed by atoms with Crippen molar-refractivity contribution in [1.29, 1.82) is 0 Å². The summed E-state index contributed by atoms with van der Waals surface area (Å²) in [7, 11) is 0. The zero-order chi connectivity index (χ0) is 14.2. The molecule has 0 amide bonds. The minimum Gasteiger partial charge on any atom is -0.305 e. The number of aryl methyl sites for hydroxylation is 2. The molecule has 20 heavy (non-hydrogen) atoms. The number of nitrogens with zero attached hydrogens (tertiary/aromatic N) is 1. The monoisotopic (exact) mass is 292 g/mol. The molecule has 2 atom stereocenters. The summed E-state index contributed by atoms with van der Waals surface area (Å²) in [5, 5.41) is 5.27. The highest BCUT2D eigenvalue weighted by Crippen LogP contribution is 2.50. The summed E-state index contributed by atoms with van der Waals surface area (Å²) in [6.45, 7) is 7.75. The van der Waals surface area contributed by atoms with Crippen LogP contribution in [0.5, 0.6) is 0 Å². The van der Waals surface area contributed by atoms with Gasteiger partial charge in [-0.15, -0.1) is 11.3 Å². The highest BCUT2D eigenvalue weighted by molar-refractivity contribution is 7.11. The first-order valence-corrected chi connectivity index (χ1v) is 9.16. The zero-order valence-corrected chi connectivity index (χ0v) is 14.0. The molecular formula is C17H28N2S. The maximum atomic E-state index is 4.93. The molecule has 2 aliphatic rings. The molecule has 3 heteroatoms. The fraction of sp³-hybridized carbons (Fsp3) is 0.824. The average molecular weight is 292 g/mol. The smallest absolute Gasteiger partial charge is 0.113 e. The Labute approximate surface area is 127 Å². The Kier molecular flexibility index (Phi) is 4.19. The largest absolute Gasteiger partial charge is 0.305 e. The second-order valence-electron chi connectivity index (χ2n) is 6.86. The van der Waals surface area contributed by atoms with Crippen LogP contribution in [-0.2, 0) is 5.54 Å². The van der Waals surface area contributed by atoms with Crippen molar-refractivity contribution >= 4 is 11.3 Å². The van der Waals surface area contributed by atoms with Crippen LogP contribution >= 0.6 is 11.3 Å². The van der Waals surface area contributed by atoms with Gasteiger partial charge < -0.3 is 5.32 Å². The van der Waals surface area contributed by atoms with E-state index >= 15 is 0 Å². The van der Waals surface area contributed by atoms with E-state index in [2.05, 4.69) is 26.1 Å². The van der Waals surface area contributed by atoms with E-state index in [1.165, 1.54) is 60.5 Å². The molecule has 0 bridgehead atoms. The minimum absolute atomic E-state index is 0.186. The molecule has 3 rings (SSSR count). The fourth-order valence-electron chi connectivity index (χ4n) is 3.76. The van der Waals surface area contributed by atoms with E-state index in [0.717, 1.165) is 18.4 Å². The molecule has 0 spiro atoms. The van der Waals surface area contributed by atoms with Crippen molar-refractivity contribution in [3.8, 4) is 0 Å². The molecule has 0 saturated heterocycles. The van der Waals surface area contributed by atoms with Crippen LogP contribution in [0.3, 0.4) is 0 Å². The maximum Gasteiger partial charge on any atom is 0.113 e. The molecule has 1 aromatic heterocycles. The number of nitrogens with one attached hydrogen (secondary N) is 1. The lowest BCUT2D eigenvalue weighted by atomic mass is 9.74. The van der Waals surface area contributed by atoms with Crippen molar-refractivity contribution in [1.82, 2.24) is 10.3 Å². The lowest BCUT2D eigenvalue weighted by Gasteiger charge is -2.41. The van der Waals surface area contributed by atoms with Gasteiger partial charge in [-0.3, -0.25) is 0 Å². The van der Waals surface area contributed by atoms with Crippen molar-refractivity contribution in [2.24, 2.45) is 11.8 Å². The molecule has 2 nitrogen and oxygen atoms in total. The van der Waals surface area contributed by atoms with Gasteiger partial charge in [-0.2, -0.15) is 0 Å². The first-order chi connectivity index (χ1) is 9.64. The van der Waals surface area contributed by atoms with Crippen LogP contribution in [0.15, 0.2) is 0 Å². The molecular weight excluding hydrogens is 264 g/mol. The van der Waals surface area contributed by atoms with Crippen molar-refractivity contribution in [3.63, 3.8) is 0 Å². The first-order valence-electron chi connectivity index (χ1n) is 8.34. The zero-order valence-electron chi connectivity index (χ0n) is 13.2. The predicted octanol–water partition coefficient (Wildman–Crippen LogP) is 4.56. The van der Waals surface area contributed by atoms with E-state index in [0.29, 0.717) is 0 Å². The lowest BCUT2D eigenvalue weighted by molar-refractivity contribution is 0.163. The van der Waals surface area contributed by atoms with E-state index in [9.17, 15) is 0 Å². The molecule has 2 aliphatic carbocycles. The Balaban J connectivity index is 1.86. The summed E-state index contributed by atoms with van der Waals surface area (Å²) in [5.74, 6) is 1.97. The molecule has 0 radical (unpaired) electrons. The number of hydrogen-bond acceptors (Lipinski definition) is 3. The summed E-state index contributed by atoms with van der Waals surface area (Å²) in [4.78, 5) is 6.32. The van der Waals surface area contributed by atoms with Crippen molar-refractivity contribution in [2.75, 3.05) is 6.54 Å². The van der Waals surface area contributed by atoms with Gasteiger partial charge in [0.05, 0.1) is 11.2 Å². The van der Waals surface area contributed by atoms with Gasteiger partial charge in [0, 0.05) is 4.88 Å². The summed E-state index contributed by atoms with van der Waals surface area (Å²) < 4.78 is 0.